The first-order chi connectivity index (χ1) is 25.8. The van der Waals surface area contributed by atoms with E-state index in [9.17, 15) is 24.0 Å². The number of carbonyl (C=O) groups is 5. The Morgan fingerprint density at radius 1 is 0.868 bits per heavy atom. The first-order valence-electron chi connectivity index (χ1n) is 18.5. The molecule has 4 aromatic rings. The predicted molar refractivity (Wildman–Crippen MR) is 196 cm³/mol. The number of unbranched alkanes of at least 4 members (excludes halogenated alkanes) is 1. The molecule has 3 N–H and O–H groups in total. The SMILES string of the molecule is O=C1CCC(N2C(=O)c3ccc(NCCCCC(=O)N4CCC(n5cc(-c6cnc7ccc(N8CCNCC8)cc7n6)cn5)CC4)cc3C2=O)C(=O)N1. The molecule has 2 aromatic carbocycles. The quantitative estimate of drug-likeness (QED) is 0.163. The number of rotatable bonds is 10. The number of piperazine rings is 1. The number of hydrogen-bond acceptors (Lipinski definition) is 11. The van der Waals surface area contributed by atoms with E-state index in [0.717, 1.165) is 78.3 Å². The third-order valence-corrected chi connectivity index (χ3v) is 10.7. The van der Waals surface area contributed by atoms with Gasteiger partial charge < -0.3 is 20.4 Å². The van der Waals surface area contributed by atoms with Crippen LogP contribution >= 0.6 is 0 Å². The van der Waals surface area contributed by atoms with Crippen molar-refractivity contribution < 1.29 is 24.0 Å². The van der Waals surface area contributed by atoms with Crippen molar-refractivity contribution in [2.24, 2.45) is 0 Å². The van der Waals surface area contributed by atoms with Crippen LogP contribution in [0.2, 0.25) is 0 Å². The van der Waals surface area contributed by atoms with Crippen LogP contribution in [0.5, 0.6) is 0 Å². The van der Waals surface area contributed by atoms with Gasteiger partial charge in [0.05, 0.1) is 46.3 Å². The maximum atomic E-state index is 13.1. The first-order valence-corrected chi connectivity index (χ1v) is 18.5. The van der Waals surface area contributed by atoms with Gasteiger partial charge in [-0.25, -0.2) is 4.98 Å². The maximum absolute atomic E-state index is 13.1. The summed E-state index contributed by atoms with van der Waals surface area (Å²) in [6.45, 7) is 5.84. The second-order valence-electron chi connectivity index (χ2n) is 14.1. The molecule has 15 heteroatoms. The summed E-state index contributed by atoms with van der Waals surface area (Å²) < 4.78 is 2.00. The molecule has 5 amide bonds. The van der Waals surface area contributed by atoms with Crippen LogP contribution in [0, 0.1) is 0 Å². The van der Waals surface area contributed by atoms with Crippen LogP contribution < -0.4 is 20.9 Å². The number of nitrogens with zero attached hydrogens (tertiary/aromatic N) is 7. The van der Waals surface area contributed by atoms with Crippen molar-refractivity contribution in [3.8, 4) is 11.3 Å². The van der Waals surface area contributed by atoms with Crippen LogP contribution in [0.1, 0.15) is 71.7 Å². The Bertz CT molecular complexity index is 2080. The minimum atomic E-state index is -0.994. The number of anilines is 2. The molecule has 274 valence electrons. The van der Waals surface area contributed by atoms with Crippen molar-refractivity contribution in [1.29, 1.82) is 0 Å². The summed E-state index contributed by atoms with van der Waals surface area (Å²) in [7, 11) is 0. The summed E-state index contributed by atoms with van der Waals surface area (Å²) in [5.41, 5.74) is 5.77. The Kier molecular flexibility index (Phi) is 9.56. The maximum Gasteiger partial charge on any atom is 0.262 e. The molecular formula is C38H42N10O5. The molecule has 3 fully saturated rings. The van der Waals surface area contributed by atoms with Crippen LogP contribution in [0.4, 0.5) is 11.4 Å². The molecule has 0 spiro atoms. The highest BCUT2D eigenvalue weighted by Crippen LogP contribution is 2.30. The number of benzene rings is 2. The van der Waals surface area contributed by atoms with Crippen molar-refractivity contribution in [2.75, 3.05) is 56.0 Å². The number of nitrogens with one attached hydrogen (secondary N) is 3. The smallest absolute Gasteiger partial charge is 0.262 e. The number of piperidine rings is 2. The lowest BCUT2D eigenvalue weighted by atomic mass is 10.0. The molecule has 0 bridgehead atoms. The molecule has 6 heterocycles. The van der Waals surface area contributed by atoms with Crippen LogP contribution in [-0.2, 0) is 14.4 Å². The number of hydrogen-bond donors (Lipinski definition) is 3. The lowest BCUT2D eigenvalue weighted by molar-refractivity contribution is -0.136. The first kappa shape index (κ1) is 34.4. The van der Waals surface area contributed by atoms with E-state index in [-0.39, 0.29) is 35.9 Å². The van der Waals surface area contributed by atoms with Gasteiger partial charge in [-0.3, -0.25) is 43.9 Å². The van der Waals surface area contributed by atoms with E-state index >= 15 is 0 Å². The summed E-state index contributed by atoms with van der Waals surface area (Å²) in [6.07, 6.45) is 9.44. The van der Waals surface area contributed by atoms with E-state index < -0.39 is 29.7 Å². The third kappa shape index (κ3) is 7.08. The van der Waals surface area contributed by atoms with Gasteiger partial charge in [-0.2, -0.15) is 5.10 Å². The van der Waals surface area contributed by atoms with E-state index in [1.807, 2.05) is 28.0 Å². The van der Waals surface area contributed by atoms with Crippen molar-refractivity contribution in [3.05, 3.63) is 66.1 Å². The third-order valence-electron chi connectivity index (χ3n) is 10.7. The molecule has 53 heavy (non-hydrogen) atoms. The lowest BCUT2D eigenvalue weighted by Gasteiger charge is -2.32. The molecule has 4 aliphatic rings. The average Bonchev–Trinajstić information content (AvgIpc) is 3.77. The molecule has 4 aliphatic heterocycles. The number of aromatic nitrogens is 4. The zero-order valence-corrected chi connectivity index (χ0v) is 29.4. The number of amides is 5. The fourth-order valence-corrected chi connectivity index (χ4v) is 7.68. The highest BCUT2D eigenvalue weighted by atomic mass is 16.2. The standard InChI is InChI=1S/C38H42N10O5/c49-34-9-8-33(36(51)44-34)48-37(52)28-6-4-25(19-29(28)38(48)53)40-12-2-1-3-35(50)46-15-10-26(11-16-46)47-23-24(21-42-47)32-22-41-30-7-5-27(20-31(30)43-32)45-17-13-39-14-18-45/h4-7,19-23,26,33,39-40H,1-3,8-18H2,(H,44,49,51). The number of imide groups is 2. The van der Waals surface area contributed by atoms with Gasteiger partial charge in [0, 0.05) is 81.8 Å². The van der Waals surface area contributed by atoms with E-state index in [1.54, 1.807) is 24.4 Å². The topological polar surface area (TPSA) is 175 Å². The molecular weight excluding hydrogens is 676 g/mol. The van der Waals surface area contributed by atoms with Gasteiger partial charge in [0.1, 0.15) is 6.04 Å². The van der Waals surface area contributed by atoms with Crippen molar-refractivity contribution in [1.82, 2.24) is 40.2 Å². The van der Waals surface area contributed by atoms with Gasteiger partial charge in [-0.05, 0) is 68.5 Å². The minimum absolute atomic E-state index is 0.0752. The Labute approximate surface area is 306 Å². The molecule has 2 aromatic heterocycles. The molecule has 1 atom stereocenters. The molecule has 1 unspecified atom stereocenters. The molecule has 0 aliphatic carbocycles. The lowest BCUT2D eigenvalue weighted by Crippen LogP contribution is -2.54. The average molecular weight is 719 g/mol. The summed E-state index contributed by atoms with van der Waals surface area (Å²) in [5.74, 6) is -1.96. The number of carbonyl (C=O) groups excluding carboxylic acids is 5. The summed E-state index contributed by atoms with van der Waals surface area (Å²) in [4.78, 5) is 77.8. The fraction of sp³-hybridized carbons (Fsp3) is 0.421. The molecule has 0 saturated carbocycles. The minimum Gasteiger partial charge on any atom is -0.385 e. The molecule has 0 radical (unpaired) electrons. The van der Waals surface area contributed by atoms with Crippen molar-refractivity contribution >= 4 is 51.9 Å². The van der Waals surface area contributed by atoms with Gasteiger partial charge in [0.25, 0.3) is 11.8 Å². The van der Waals surface area contributed by atoms with Crippen LogP contribution in [-0.4, -0.2) is 111 Å². The van der Waals surface area contributed by atoms with Gasteiger partial charge in [0.15, 0.2) is 0 Å². The highest BCUT2D eigenvalue weighted by molar-refractivity contribution is 6.23. The Balaban J connectivity index is 0.783. The summed E-state index contributed by atoms with van der Waals surface area (Å²) in [5, 5.41) is 13.6. The second-order valence-corrected chi connectivity index (χ2v) is 14.1. The Morgan fingerprint density at radius 2 is 1.68 bits per heavy atom. The summed E-state index contributed by atoms with van der Waals surface area (Å²) >= 11 is 0. The van der Waals surface area contributed by atoms with Crippen LogP contribution in [0.3, 0.4) is 0 Å². The summed E-state index contributed by atoms with van der Waals surface area (Å²) in [6, 6.07) is 10.4. The zero-order chi connectivity index (χ0) is 36.5. The Morgan fingerprint density at radius 3 is 2.49 bits per heavy atom. The van der Waals surface area contributed by atoms with E-state index in [2.05, 4.69) is 43.1 Å². The highest BCUT2D eigenvalue weighted by Gasteiger charge is 2.44. The molecule has 8 rings (SSSR count). The zero-order valence-electron chi connectivity index (χ0n) is 29.4. The normalized spacial score (nSPS) is 19.5. The molecule has 15 nitrogen and oxygen atoms in total. The van der Waals surface area contributed by atoms with Crippen molar-refractivity contribution in [3.63, 3.8) is 0 Å². The number of fused-ring (bicyclic) bond motifs is 2. The van der Waals surface area contributed by atoms with Crippen LogP contribution in [0.25, 0.3) is 22.3 Å². The van der Waals surface area contributed by atoms with Gasteiger partial charge >= 0.3 is 0 Å². The van der Waals surface area contributed by atoms with Crippen LogP contribution in [0.15, 0.2) is 55.0 Å². The largest absolute Gasteiger partial charge is 0.385 e. The fourth-order valence-electron chi connectivity index (χ4n) is 7.68. The monoisotopic (exact) mass is 718 g/mol. The van der Waals surface area contributed by atoms with Crippen molar-refractivity contribution in [2.45, 2.75) is 57.0 Å². The van der Waals surface area contributed by atoms with Gasteiger partial charge in [-0.15, -0.1) is 0 Å². The predicted octanol–water partition coefficient (Wildman–Crippen LogP) is 2.75. The van der Waals surface area contributed by atoms with E-state index in [4.69, 9.17) is 4.98 Å². The second kappa shape index (κ2) is 14.7. The molecule has 3 saturated heterocycles. The number of likely N-dealkylation sites (tertiary alicyclic amines) is 1. The van der Waals surface area contributed by atoms with Gasteiger partial charge in [-0.1, -0.05) is 0 Å². The Hall–Kier alpha value is -5.70. The van der Waals surface area contributed by atoms with E-state index in [1.165, 1.54) is 0 Å². The van der Waals surface area contributed by atoms with E-state index in [0.29, 0.717) is 38.2 Å². The van der Waals surface area contributed by atoms with Gasteiger partial charge in [0.2, 0.25) is 17.7 Å².